The van der Waals surface area contributed by atoms with Gasteiger partial charge in [0.05, 0.1) is 11.1 Å². The zero-order valence-electron chi connectivity index (χ0n) is 7.44. The zero-order valence-corrected chi connectivity index (χ0v) is 8.20. The van der Waals surface area contributed by atoms with Crippen LogP contribution in [0.15, 0.2) is 12.1 Å². The highest BCUT2D eigenvalue weighted by Crippen LogP contribution is 2.18. The van der Waals surface area contributed by atoms with E-state index in [1.54, 1.807) is 6.92 Å². The molecule has 0 aromatic heterocycles. The molecule has 4 heteroatoms. The van der Waals surface area contributed by atoms with Crippen LogP contribution in [-0.2, 0) is 0 Å². The van der Waals surface area contributed by atoms with Crippen LogP contribution in [-0.4, -0.2) is 6.04 Å². The van der Waals surface area contributed by atoms with Crippen LogP contribution in [0, 0.1) is 23.5 Å². The van der Waals surface area contributed by atoms with Crippen LogP contribution in [0.3, 0.4) is 0 Å². The lowest BCUT2D eigenvalue weighted by atomic mass is 10.2. The number of hydrogen-bond acceptors (Lipinski definition) is 1. The highest BCUT2D eigenvalue weighted by Gasteiger charge is 2.06. The summed E-state index contributed by atoms with van der Waals surface area (Å²) in [6.45, 7) is 1.68. The molecule has 0 heterocycles. The minimum atomic E-state index is -0.985. The van der Waals surface area contributed by atoms with Gasteiger partial charge in [-0.25, -0.2) is 8.78 Å². The van der Waals surface area contributed by atoms with Crippen LogP contribution < -0.4 is 5.73 Å². The van der Waals surface area contributed by atoms with Crippen molar-refractivity contribution >= 4 is 11.6 Å². The second-order valence-electron chi connectivity index (χ2n) is 2.80. The molecule has 0 aliphatic heterocycles. The summed E-state index contributed by atoms with van der Waals surface area (Å²) in [5, 5.41) is 0.0806. The highest BCUT2D eigenvalue weighted by molar-refractivity contribution is 6.31. The lowest BCUT2D eigenvalue weighted by Crippen LogP contribution is -2.10. The van der Waals surface area contributed by atoms with Gasteiger partial charge in [-0.1, -0.05) is 23.4 Å². The van der Waals surface area contributed by atoms with Crippen molar-refractivity contribution in [1.82, 2.24) is 0 Å². The Balaban J connectivity index is 3.12. The van der Waals surface area contributed by atoms with Crippen LogP contribution in [0.2, 0.25) is 5.02 Å². The van der Waals surface area contributed by atoms with Gasteiger partial charge in [0.25, 0.3) is 0 Å². The Morgan fingerprint density at radius 1 is 1.36 bits per heavy atom. The normalized spacial score (nSPS) is 11.8. The molecular weight excluding hydrogens is 208 g/mol. The lowest BCUT2D eigenvalue weighted by molar-refractivity contribution is 0.508. The molecule has 1 aromatic rings. The summed E-state index contributed by atoms with van der Waals surface area (Å²) in [5.41, 5.74) is 5.61. The lowest BCUT2D eigenvalue weighted by Gasteiger charge is -1.97. The van der Waals surface area contributed by atoms with Crippen LogP contribution in [0.4, 0.5) is 8.78 Å². The van der Waals surface area contributed by atoms with Gasteiger partial charge in [-0.2, -0.15) is 0 Å². The van der Waals surface area contributed by atoms with Gasteiger partial charge in [-0.15, -0.1) is 0 Å². The van der Waals surface area contributed by atoms with E-state index in [1.807, 2.05) is 0 Å². The Bertz CT molecular complexity index is 405. The molecule has 0 aliphatic carbocycles. The molecule has 1 nitrogen and oxygen atoms in total. The first-order chi connectivity index (χ1) is 6.50. The Labute approximate surface area is 85.9 Å². The number of nitrogens with two attached hydrogens (primary N) is 1. The van der Waals surface area contributed by atoms with Crippen LogP contribution in [0.1, 0.15) is 12.5 Å². The molecule has 1 rings (SSSR count). The summed E-state index contributed by atoms with van der Waals surface area (Å²) in [6.07, 6.45) is 0. The van der Waals surface area contributed by atoms with E-state index >= 15 is 0 Å². The van der Waals surface area contributed by atoms with Gasteiger partial charge in [0.2, 0.25) is 0 Å². The fourth-order valence-electron chi connectivity index (χ4n) is 0.810. The van der Waals surface area contributed by atoms with Crippen LogP contribution >= 0.6 is 11.6 Å². The van der Waals surface area contributed by atoms with E-state index in [0.29, 0.717) is 0 Å². The van der Waals surface area contributed by atoms with E-state index in [2.05, 4.69) is 11.8 Å². The van der Waals surface area contributed by atoms with Crippen molar-refractivity contribution < 1.29 is 8.78 Å². The summed E-state index contributed by atoms with van der Waals surface area (Å²) < 4.78 is 25.4. The second kappa shape index (κ2) is 4.41. The topological polar surface area (TPSA) is 26.0 Å². The van der Waals surface area contributed by atoms with Gasteiger partial charge in [-0.3, -0.25) is 0 Å². The summed E-state index contributed by atoms with van der Waals surface area (Å²) in [4.78, 5) is 0. The number of benzene rings is 1. The van der Waals surface area contributed by atoms with Crippen molar-refractivity contribution in [1.29, 1.82) is 0 Å². The van der Waals surface area contributed by atoms with Gasteiger partial charge < -0.3 is 5.73 Å². The minimum absolute atomic E-state index is 0.0806. The maximum Gasteiger partial charge on any atom is 0.160 e. The Morgan fingerprint density at radius 2 is 1.93 bits per heavy atom. The average Bonchev–Trinajstić information content (AvgIpc) is 2.09. The van der Waals surface area contributed by atoms with Crippen molar-refractivity contribution in [2.45, 2.75) is 13.0 Å². The second-order valence-corrected chi connectivity index (χ2v) is 3.21. The predicted octanol–water partition coefficient (Wildman–Crippen LogP) is 2.32. The van der Waals surface area contributed by atoms with Gasteiger partial charge >= 0.3 is 0 Å². The summed E-state index contributed by atoms with van der Waals surface area (Å²) in [7, 11) is 0. The largest absolute Gasteiger partial charge is 0.318 e. The summed E-state index contributed by atoms with van der Waals surface area (Å²) >= 11 is 5.63. The van der Waals surface area contributed by atoms with Crippen LogP contribution in [0.5, 0.6) is 0 Å². The average molecular weight is 216 g/mol. The Morgan fingerprint density at radius 3 is 2.50 bits per heavy atom. The molecular formula is C10H8ClF2N. The molecule has 74 valence electrons. The summed E-state index contributed by atoms with van der Waals surface area (Å²) in [5.74, 6) is 3.22. The van der Waals surface area contributed by atoms with Gasteiger partial charge in [0.1, 0.15) is 0 Å². The fourth-order valence-corrected chi connectivity index (χ4v) is 1.01. The summed E-state index contributed by atoms with van der Waals surface area (Å²) in [6, 6.07) is 1.51. The third kappa shape index (κ3) is 2.69. The molecule has 0 saturated carbocycles. The van der Waals surface area contributed by atoms with E-state index in [9.17, 15) is 8.78 Å². The first kappa shape index (κ1) is 11.0. The third-order valence-corrected chi connectivity index (χ3v) is 1.76. The predicted molar refractivity (Wildman–Crippen MR) is 51.9 cm³/mol. The number of rotatable bonds is 0. The molecule has 0 amide bonds. The quantitative estimate of drug-likeness (QED) is 0.522. The van der Waals surface area contributed by atoms with E-state index in [0.717, 1.165) is 12.1 Å². The zero-order chi connectivity index (χ0) is 10.7. The van der Waals surface area contributed by atoms with Gasteiger partial charge in [-0.05, 0) is 19.1 Å². The maximum absolute atomic E-state index is 12.8. The molecule has 14 heavy (non-hydrogen) atoms. The first-order valence-electron chi connectivity index (χ1n) is 3.92. The van der Waals surface area contributed by atoms with Gasteiger partial charge in [0, 0.05) is 5.56 Å². The Kier molecular flexibility index (Phi) is 3.45. The van der Waals surface area contributed by atoms with E-state index < -0.39 is 11.6 Å². The number of halogens is 3. The van der Waals surface area contributed by atoms with E-state index in [1.165, 1.54) is 0 Å². The van der Waals surface area contributed by atoms with Crippen molar-refractivity contribution in [3.8, 4) is 11.8 Å². The standard InChI is InChI=1S/C10H8ClF2N/c1-6(14)2-3-7-4-9(12)10(13)5-8(7)11/h4-6H,14H2,1H3. The molecule has 0 fully saturated rings. The van der Waals surface area contributed by atoms with Crippen molar-refractivity contribution in [3.05, 3.63) is 34.4 Å². The molecule has 2 N–H and O–H groups in total. The van der Waals surface area contributed by atoms with Gasteiger partial charge in [0.15, 0.2) is 11.6 Å². The van der Waals surface area contributed by atoms with Crippen LogP contribution in [0.25, 0.3) is 0 Å². The third-order valence-electron chi connectivity index (χ3n) is 1.44. The maximum atomic E-state index is 12.8. The van der Waals surface area contributed by atoms with Crippen molar-refractivity contribution in [2.24, 2.45) is 5.73 Å². The molecule has 1 unspecified atom stereocenters. The molecule has 1 atom stereocenters. The Hall–Kier alpha value is -1.11. The minimum Gasteiger partial charge on any atom is -0.318 e. The highest BCUT2D eigenvalue weighted by atomic mass is 35.5. The number of hydrogen-bond donors (Lipinski definition) is 1. The smallest absolute Gasteiger partial charge is 0.160 e. The van der Waals surface area contributed by atoms with Crippen molar-refractivity contribution in [2.75, 3.05) is 0 Å². The van der Waals surface area contributed by atoms with Crippen molar-refractivity contribution in [3.63, 3.8) is 0 Å². The molecule has 0 radical (unpaired) electrons. The molecule has 0 bridgehead atoms. The van der Waals surface area contributed by atoms with E-state index in [-0.39, 0.29) is 16.6 Å². The fraction of sp³-hybridized carbons (Fsp3) is 0.200. The first-order valence-corrected chi connectivity index (χ1v) is 4.30. The molecule has 0 aliphatic rings. The molecule has 0 spiro atoms. The van der Waals surface area contributed by atoms with E-state index in [4.69, 9.17) is 17.3 Å². The molecule has 1 aromatic carbocycles. The molecule has 0 saturated heterocycles. The SMILES string of the molecule is CC(N)C#Cc1cc(F)c(F)cc1Cl. The monoisotopic (exact) mass is 215 g/mol.